The molecule has 0 spiro atoms. The zero-order chi connectivity index (χ0) is 9.97. The number of fused-ring (bicyclic) bond motifs is 1. The van der Waals surface area contributed by atoms with Crippen LogP contribution in [-0.2, 0) is 0 Å². The van der Waals surface area contributed by atoms with E-state index in [1.165, 1.54) is 6.33 Å². The minimum absolute atomic E-state index is 0.797. The smallest absolute Gasteiger partial charge is 0.121 e. The summed E-state index contributed by atoms with van der Waals surface area (Å²) in [7, 11) is 1.64. The molecule has 1 aromatic heterocycles. The van der Waals surface area contributed by atoms with Crippen molar-refractivity contribution in [3.63, 3.8) is 0 Å². The molecule has 1 aromatic carbocycles. The summed E-state index contributed by atoms with van der Waals surface area (Å²) in [5.74, 6) is 0.797. The molecule has 0 unspecified atom stereocenters. The largest absolute Gasteiger partial charge is 0.497 e. The Morgan fingerprint density at radius 1 is 1.36 bits per heavy atom. The maximum absolute atomic E-state index is 5.11. The van der Waals surface area contributed by atoms with Crippen molar-refractivity contribution < 1.29 is 4.74 Å². The van der Waals surface area contributed by atoms with Gasteiger partial charge in [-0.05, 0) is 18.2 Å². The standard InChI is InChI=1S/C11H10N2O/c1-3-10-9-5-4-8(14-2)6-11(9)13-7-12-10/h3-7H,1H2,2H3. The predicted molar refractivity (Wildman–Crippen MR) is 56.2 cm³/mol. The van der Waals surface area contributed by atoms with E-state index < -0.39 is 0 Å². The minimum Gasteiger partial charge on any atom is -0.497 e. The highest BCUT2D eigenvalue weighted by Gasteiger charge is 2.01. The summed E-state index contributed by atoms with van der Waals surface area (Å²) in [6.45, 7) is 3.70. The zero-order valence-electron chi connectivity index (χ0n) is 7.90. The van der Waals surface area contributed by atoms with E-state index >= 15 is 0 Å². The molecule has 14 heavy (non-hydrogen) atoms. The number of nitrogens with zero attached hydrogens (tertiary/aromatic N) is 2. The van der Waals surface area contributed by atoms with E-state index in [-0.39, 0.29) is 0 Å². The zero-order valence-corrected chi connectivity index (χ0v) is 7.90. The minimum atomic E-state index is 0.797. The van der Waals surface area contributed by atoms with Gasteiger partial charge in [-0.2, -0.15) is 0 Å². The maximum Gasteiger partial charge on any atom is 0.121 e. The second-order valence-corrected chi connectivity index (χ2v) is 2.85. The SMILES string of the molecule is C=Cc1ncnc2cc(OC)ccc12. The Labute approximate surface area is 82.1 Å². The molecule has 1 heterocycles. The van der Waals surface area contributed by atoms with Crippen molar-refractivity contribution in [2.24, 2.45) is 0 Å². The molecule has 2 aromatic rings. The number of hydrogen-bond acceptors (Lipinski definition) is 3. The Balaban J connectivity index is 2.73. The first kappa shape index (κ1) is 8.69. The molecular formula is C11H10N2O. The van der Waals surface area contributed by atoms with Gasteiger partial charge in [0, 0.05) is 11.5 Å². The number of hydrogen-bond donors (Lipinski definition) is 0. The quantitative estimate of drug-likeness (QED) is 0.721. The lowest BCUT2D eigenvalue weighted by Gasteiger charge is -2.02. The van der Waals surface area contributed by atoms with Gasteiger partial charge in [-0.3, -0.25) is 0 Å². The Morgan fingerprint density at radius 3 is 2.93 bits per heavy atom. The summed E-state index contributed by atoms with van der Waals surface area (Å²) in [5, 5.41) is 0.989. The molecule has 2 rings (SSSR count). The molecule has 0 N–H and O–H groups in total. The van der Waals surface area contributed by atoms with Crippen molar-refractivity contribution in [1.29, 1.82) is 0 Å². The fourth-order valence-electron chi connectivity index (χ4n) is 1.35. The van der Waals surface area contributed by atoms with Crippen LogP contribution in [0.4, 0.5) is 0 Å². The third-order valence-electron chi connectivity index (χ3n) is 2.07. The summed E-state index contributed by atoms with van der Waals surface area (Å²) >= 11 is 0. The normalized spacial score (nSPS) is 10.1. The summed E-state index contributed by atoms with van der Waals surface area (Å²) in [6.07, 6.45) is 3.25. The Bertz CT molecular complexity index is 480. The van der Waals surface area contributed by atoms with E-state index in [0.29, 0.717) is 0 Å². The molecule has 0 aliphatic heterocycles. The Kier molecular flexibility index (Phi) is 2.14. The Morgan fingerprint density at radius 2 is 2.21 bits per heavy atom. The third-order valence-corrected chi connectivity index (χ3v) is 2.07. The third kappa shape index (κ3) is 1.33. The van der Waals surface area contributed by atoms with Crippen LogP contribution < -0.4 is 4.74 Å². The van der Waals surface area contributed by atoms with Crippen LogP contribution in [0.15, 0.2) is 31.1 Å². The van der Waals surface area contributed by atoms with E-state index in [0.717, 1.165) is 22.3 Å². The van der Waals surface area contributed by atoms with Gasteiger partial charge in [-0.15, -0.1) is 0 Å². The van der Waals surface area contributed by atoms with Gasteiger partial charge in [0.15, 0.2) is 0 Å². The second kappa shape index (κ2) is 3.46. The monoisotopic (exact) mass is 186 g/mol. The first-order valence-corrected chi connectivity index (χ1v) is 4.26. The number of ether oxygens (including phenoxy) is 1. The molecule has 0 saturated carbocycles. The van der Waals surface area contributed by atoms with E-state index in [4.69, 9.17) is 4.74 Å². The number of methoxy groups -OCH3 is 1. The van der Waals surface area contributed by atoms with Crippen molar-refractivity contribution in [2.45, 2.75) is 0 Å². The highest BCUT2D eigenvalue weighted by Crippen LogP contribution is 2.20. The fourth-order valence-corrected chi connectivity index (χ4v) is 1.35. The van der Waals surface area contributed by atoms with Gasteiger partial charge in [0.05, 0.1) is 18.3 Å². The maximum atomic E-state index is 5.11. The van der Waals surface area contributed by atoms with Gasteiger partial charge in [-0.1, -0.05) is 6.58 Å². The van der Waals surface area contributed by atoms with Crippen molar-refractivity contribution in [1.82, 2.24) is 9.97 Å². The molecule has 3 heteroatoms. The highest BCUT2D eigenvalue weighted by molar-refractivity contribution is 5.86. The summed E-state index contributed by atoms with van der Waals surface area (Å²) < 4.78 is 5.11. The fraction of sp³-hybridized carbons (Fsp3) is 0.0909. The van der Waals surface area contributed by atoms with Crippen LogP contribution in [0.2, 0.25) is 0 Å². The van der Waals surface area contributed by atoms with Crippen LogP contribution in [-0.4, -0.2) is 17.1 Å². The summed E-state index contributed by atoms with van der Waals surface area (Å²) in [5.41, 5.74) is 1.71. The molecule has 0 aliphatic carbocycles. The molecule has 0 saturated heterocycles. The van der Waals surface area contributed by atoms with Crippen LogP contribution in [0, 0.1) is 0 Å². The summed E-state index contributed by atoms with van der Waals surface area (Å²) in [4.78, 5) is 8.27. The Hall–Kier alpha value is -1.90. The first-order valence-electron chi connectivity index (χ1n) is 4.26. The average Bonchev–Trinajstić information content (AvgIpc) is 2.27. The van der Waals surface area contributed by atoms with Gasteiger partial charge in [0.1, 0.15) is 12.1 Å². The van der Waals surface area contributed by atoms with Crippen LogP contribution in [0.5, 0.6) is 5.75 Å². The molecule has 0 radical (unpaired) electrons. The number of rotatable bonds is 2. The first-order chi connectivity index (χ1) is 6.85. The second-order valence-electron chi connectivity index (χ2n) is 2.85. The molecule has 3 nitrogen and oxygen atoms in total. The topological polar surface area (TPSA) is 35.0 Å². The van der Waals surface area contributed by atoms with Crippen molar-refractivity contribution >= 4 is 17.0 Å². The van der Waals surface area contributed by atoms with E-state index in [1.54, 1.807) is 13.2 Å². The van der Waals surface area contributed by atoms with E-state index in [9.17, 15) is 0 Å². The molecule has 0 aliphatic rings. The predicted octanol–water partition coefficient (Wildman–Crippen LogP) is 2.28. The van der Waals surface area contributed by atoms with Crippen LogP contribution in [0.1, 0.15) is 5.69 Å². The van der Waals surface area contributed by atoms with Crippen molar-refractivity contribution in [3.05, 3.63) is 36.8 Å². The van der Waals surface area contributed by atoms with Gasteiger partial charge in [0.25, 0.3) is 0 Å². The van der Waals surface area contributed by atoms with Crippen LogP contribution in [0.25, 0.3) is 17.0 Å². The van der Waals surface area contributed by atoms with E-state index in [2.05, 4.69) is 16.5 Å². The summed E-state index contributed by atoms with van der Waals surface area (Å²) in [6, 6.07) is 5.70. The molecule has 0 bridgehead atoms. The highest BCUT2D eigenvalue weighted by atomic mass is 16.5. The van der Waals surface area contributed by atoms with Gasteiger partial charge in [0.2, 0.25) is 0 Å². The number of benzene rings is 1. The molecule has 0 amide bonds. The van der Waals surface area contributed by atoms with Crippen molar-refractivity contribution in [2.75, 3.05) is 7.11 Å². The van der Waals surface area contributed by atoms with Gasteiger partial charge < -0.3 is 4.74 Å². The van der Waals surface area contributed by atoms with Crippen LogP contribution in [0.3, 0.4) is 0 Å². The van der Waals surface area contributed by atoms with Crippen molar-refractivity contribution in [3.8, 4) is 5.75 Å². The lowest BCUT2D eigenvalue weighted by atomic mass is 10.2. The molecule has 70 valence electrons. The molecule has 0 fully saturated rings. The van der Waals surface area contributed by atoms with Gasteiger partial charge >= 0.3 is 0 Å². The number of aromatic nitrogens is 2. The van der Waals surface area contributed by atoms with Crippen LogP contribution >= 0.6 is 0 Å². The van der Waals surface area contributed by atoms with E-state index in [1.807, 2.05) is 18.2 Å². The molecule has 0 atom stereocenters. The lowest BCUT2D eigenvalue weighted by molar-refractivity contribution is 0.415. The molecular weight excluding hydrogens is 176 g/mol. The van der Waals surface area contributed by atoms with Gasteiger partial charge in [-0.25, -0.2) is 9.97 Å². The average molecular weight is 186 g/mol. The lowest BCUT2D eigenvalue weighted by Crippen LogP contribution is -1.88.